The molecular formula is C34H50N6O4Si. The van der Waals surface area contributed by atoms with Gasteiger partial charge in [-0.25, -0.2) is 9.78 Å². The normalized spacial score (nSPS) is 21.4. The highest BCUT2D eigenvalue weighted by atomic mass is 28.4. The number of piperidine rings is 1. The first kappa shape index (κ1) is 32.9. The molecule has 244 valence electrons. The third-order valence-corrected chi connectivity index (χ3v) is 13.9. The molecule has 0 bridgehead atoms. The Hall–Kier alpha value is -3.44. The van der Waals surface area contributed by atoms with Gasteiger partial charge in [-0.1, -0.05) is 27.7 Å². The lowest BCUT2D eigenvalue weighted by molar-refractivity contribution is 0.0336. The molecule has 1 saturated heterocycles. The zero-order valence-electron chi connectivity index (χ0n) is 28.3. The van der Waals surface area contributed by atoms with Crippen molar-refractivity contribution in [1.82, 2.24) is 19.9 Å². The second-order valence-electron chi connectivity index (χ2n) is 15.2. The summed E-state index contributed by atoms with van der Waals surface area (Å²) in [5.74, 6) is -0.215. The van der Waals surface area contributed by atoms with E-state index in [-0.39, 0.29) is 29.0 Å². The average Bonchev–Trinajstić information content (AvgIpc) is 3.30. The van der Waals surface area contributed by atoms with Crippen LogP contribution >= 0.6 is 0 Å². The van der Waals surface area contributed by atoms with Gasteiger partial charge in [-0.3, -0.25) is 9.78 Å². The van der Waals surface area contributed by atoms with E-state index in [2.05, 4.69) is 78.1 Å². The fourth-order valence-electron chi connectivity index (χ4n) is 5.82. The SMILES string of the molecule is C[C@H]1CN(c2ccncc2NC(=O)c2ccc3ccn(C4CCC4)c3n2)C[C@@H](NC(=O)OC(C)(C)C)C1O[Si](C)(C)C(C)(C)C. The number of carbonyl (C=O) groups is 2. The number of hydrogen-bond donors (Lipinski definition) is 2. The smallest absolute Gasteiger partial charge is 0.408 e. The number of pyridine rings is 2. The van der Waals surface area contributed by atoms with E-state index < -0.39 is 20.0 Å². The minimum absolute atomic E-state index is 0.0133. The molecule has 2 fully saturated rings. The molecule has 45 heavy (non-hydrogen) atoms. The van der Waals surface area contributed by atoms with Crippen molar-refractivity contribution in [1.29, 1.82) is 0 Å². The molecular weight excluding hydrogens is 584 g/mol. The van der Waals surface area contributed by atoms with Gasteiger partial charge in [0.1, 0.15) is 16.9 Å². The fourth-order valence-corrected chi connectivity index (χ4v) is 7.25. The number of hydrogen-bond acceptors (Lipinski definition) is 7. The summed E-state index contributed by atoms with van der Waals surface area (Å²) in [6, 6.07) is 7.80. The Bertz CT molecular complexity index is 1540. The first-order valence-electron chi connectivity index (χ1n) is 16.2. The molecule has 3 atom stereocenters. The average molecular weight is 635 g/mol. The van der Waals surface area contributed by atoms with Crippen LogP contribution in [0.5, 0.6) is 0 Å². The fraction of sp³-hybridized carbons (Fsp3) is 0.588. The molecule has 11 heteroatoms. The van der Waals surface area contributed by atoms with Gasteiger partial charge in [0, 0.05) is 42.8 Å². The summed E-state index contributed by atoms with van der Waals surface area (Å²) in [6.45, 7) is 20.0. The van der Waals surface area contributed by atoms with E-state index in [4.69, 9.17) is 14.1 Å². The van der Waals surface area contributed by atoms with E-state index in [0.717, 1.165) is 29.6 Å². The third kappa shape index (κ3) is 7.35. The predicted molar refractivity (Wildman–Crippen MR) is 181 cm³/mol. The van der Waals surface area contributed by atoms with Crippen molar-refractivity contribution in [3.8, 4) is 0 Å². The van der Waals surface area contributed by atoms with Crippen LogP contribution in [0.3, 0.4) is 0 Å². The van der Waals surface area contributed by atoms with Crippen LogP contribution in [0.1, 0.15) is 84.3 Å². The van der Waals surface area contributed by atoms with Crippen molar-refractivity contribution < 1.29 is 18.8 Å². The summed E-state index contributed by atoms with van der Waals surface area (Å²) in [5.41, 5.74) is 1.99. The number of alkyl carbamates (subject to hydrolysis) is 1. The lowest BCUT2D eigenvalue weighted by Crippen LogP contribution is -2.63. The Morgan fingerprint density at radius 2 is 1.76 bits per heavy atom. The summed E-state index contributed by atoms with van der Waals surface area (Å²) in [7, 11) is -2.16. The molecule has 0 aromatic carbocycles. The van der Waals surface area contributed by atoms with Crippen molar-refractivity contribution in [3.63, 3.8) is 0 Å². The Labute approximate surface area is 268 Å². The zero-order valence-corrected chi connectivity index (χ0v) is 29.3. The van der Waals surface area contributed by atoms with Gasteiger partial charge >= 0.3 is 6.09 Å². The molecule has 2 amide bonds. The van der Waals surface area contributed by atoms with Gasteiger partial charge in [0.05, 0.1) is 29.7 Å². The second-order valence-corrected chi connectivity index (χ2v) is 20.0. The van der Waals surface area contributed by atoms with Gasteiger partial charge in [-0.2, -0.15) is 0 Å². The Morgan fingerprint density at radius 1 is 1.02 bits per heavy atom. The van der Waals surface area contributed by atoms with E-state index in [0.29, 0.717) is 30.5 Å². The van der Waals surface area contributed by atoms with Crippen LogP contribution in [0.15, 0.2) is 42.9 Å². The standard InChI is InChI=1S/C34H50N6O4Si/c1-22-20-39(21-27(38-32(42)43-33(2,3)4)29(22)44-45(8,9)34(5,6)7)28-15-17-35-19-26(28)37-31(41)25-14-13-23-16-18-40(30(23)36-25)24-11-10-12-24/h13-19,22,24,27,29H,10-12,20-21H2,1-9H3,(H,37,41)(H,38,42)/t22-,27+,29?/m0/s1. The monoisotopic (exact) mass is 634 g/mol. The lowest BCUT2D eigenvalue weighted by atomic mass is 9.92. The maximum atomic E-state index is 13.6. The number of aromatic nitrogens is 3. The van der Waals surface area contributed by atoms with E-state index in [1.807, 2.05) is 32.9 Å². The summed E-state index contributed by atoms with van der Waals surface area (Å²) in [5, 5.41) is 7.25. The highest BCUT2D eigenvalue weighted by Gasteiger charge is 2.45. The van der Waals surface area contributed by atoms with Crippen LogP contribution in [0.2, 0.25) is 18.1 Å². The van der Waals surface area contributed by atoms with Crippen molar-refractivity contribution in [2.24, 2.45) is 5.92 Å². The molecule has 1 unspecified atom stereocenters. The molecule has 3 aromatic rings. The van der Waals surface area contributed by atoms with Crippen LogP contribution in [-0.4, -0.2) is 65.7 Å². The number of nitrogens with one attached hydrogen (secondary N) is 2. The van der Waals surface area contributed by atoms with E-state index >= 15 is 0 Å². The maximum Gasteiger partial charge on any atom is 0.408 e. The number of amides is 2. The molecule has 2 aliphatic rings. The second kappa shape index (κ2) is 12.4. The number of carbonyl (C=O) groups excluding carboxylic acids is 2. The topological polar surface area (TPSA) is 111 Å². The molecule has 0 spiro atoms. The van der Waals surface area contributed by atoms with Crippen LogP contribution < -0.4 is 15.5 Å². The van der Waals surface area contributed by atoms with E-state index in [1.165, 1.54) is 6.42 Å². The Morgan fingerprint density at radius 3 is 2.40 bits per heavy atom. The van der Waals surface area contributed by atoms with Gasteiger partial charge in [-0.05, 0) is 82.4 Å². The largest absolute Gasteiger partial charge is 0.444 e. The highest BCUT2D eigenvalue weighted by molar-refractivity contribution is 6.74. The maximum absolute atomic E-state index is 13.6. The predicted octanol–water partition coefficient (Wildman–Crippen LogP) is 7.15. The number of rotatable bonds is 7. The third-order valence-electron chi connectivity index (χ3n) is 9.47. The van der Waals surface area contributed by atoms with Crippen LogP contribution in [0.4, 0.5) is 16.2 Å². The number of nitrogens with zero attached hydrogens (tertiary/aromatic N) is 4. The van der Waals surface area contributed by atoms with E-state index in [9.17, 15) is 9.59 Å². The summed E-state index contributed by atoms with van der Waals surface area (Å²) < 4.78 is 14.8. The van der Waals surface area contributed by atoms with Gasteiger partial charge in [0.15, 0.2) is 8.32 Å². The summed E-state index contributed by atoms with van der Waals surface area (Å²) >= 11 is 0. The lowest BCUT2D eigenvalue weighted by Gasteiger charge is -2.48. The van der Waals surface area contributed by atoms with E-state index in [1.54, 1.807) is 18.5 Å². The first-order chi connectivity index (χ1) is 21.0. The number of anilines is 2. The molecule has 1 saturated carbocycles. The minimum atomic E-state index is -2.16. The molecule has 2 N–H and O–H groups in total. The van der Waals surface area contributed by atoms with Crippen LogP contribution in [0, 0.1) is 5.92 Å². The molecule has 4 heterocycles. The molecule has 1 aliphatic heterocycles. The van der Waals surface area contributed by atoms with Crippen LogP contribution in [-0.2, 0) is 9.16 Å². The summed E-state index contributed by atoms with van der Waals surface area (Å²) in [6.07, 6.45) is 8.30. The molecule has 5 rings (SSSR count). The molecule has 10 nitrogen and oxygen atoms in total. The minimum Gasteiger partial charge on any atom is -0.444 e. The zero-order chi connectivity index (χ0) is 32.7. The Kier molecular flexibility index (Phi) is 9.07. The van der Waals surface area contributed by atoms with Crippen molar-refractivity contribution in [2.75, 3.05) is 23.3 Å². The Balaban J connectivity index is 1.39. The molecule has 0 radical (unpaired) electrons. The van der Waals surface area contributed by atoms with Gasteiger partial charge in [0.2, 0.25) is 0 Å². The van der Waals surface area contributed by atoms with Gasteiger partial charge in [0.25, 0.3) is 5.91 Å². The number of ether oxygens (including phenoxy) is 1. The quantitative estimate of drug-likeness (QED) is 0.266. The van der Waals surface area contributed by atoms with Gasteiger partial charge in [-0.15, -0.1) is 0 Å². The van der Waals surface area contributed by atoms with Gasteiger partial charge < -0.3 is 29.3 Å². The molecule has 3 aromatic heterocycles. The van der Waals surface area contributed by atoms with Crippen molar-refractivity contribution in [2.45, 2.75) is 110 Å². The summed E-state index contributed by atoms with van der Waals surface area (Å²) in [4.78, 5) is 37.9. The number of fused-ring (bicyclic) bond motifs is 1. The molecule has 1 aliphatic carbocycles. The van der Waals surface area contributed by atoms with Crippen LogP contribution in [0.25, 0.3) is 11.0 Å². The highest BCUT2D eigenvalue weighted by Crippen LogP contribution is 2.40. The van der Waals surface area contributed by atoms with Crippen molar-refractivity contribution >= 4 is 42.7 Å². The van der Waals surface area contributed by atoms with Crippen molar-refractivity contribution in [3.05, 3.63) is 48.5 Å². The first-order valence-corrected chi connectivity index (χ1v) is 19.1.